The first kappa shape index (κ1) is 21.3. The zero-order valence-corrected chi connectivity index (χ0v) is 13.5. The molecule has 6 N–H and O–H groups in total. The van der Waals surface area contributed by atoms with Crippen LogP contribution in [0, 0.1) is 5.41 Å². The Morgan fingerprint density at radius 2 is 0.957 bits per heavy atom. The molecule has 0 heterocycles. The fourth-order valence-electron chi connectivity index (χ4n) is 1.60. The van der Waals surface area contributed by atoms with E-state index in [1.165, 1.54) is 0 Å². The fourth-order valence-corrected chi connectivity index (χ4v) is 1.60. The summed E-state index contributed by atoms with van der Waals surface area (Å²) in [5.41, 5.74) is 14.6. The third-order valence-electron chi connectivity index (χ3n) is 2.83. The van der Waals surface area contributed by atoms with Gasteiger partial charge < -0.3 is 31.4 Å². The zero-order chi connectivity index (χ0) is 17.7. The molecule has 0 bridgehead atoms. The summed E-state index contributed by atoms with van der Waals surface area (Å²) in [6, 6.07) is 0. The maximum absolute atomic E-state index is 10.7. The Kier molecular flexibility index (Phi) is 10.9. The fraction of sp³-hybridized carbons (Fsp3) is 0.786. The molecule has 0 saturated carbocycles. The highest BCUT2D eigenvalue weighted by molar-refractivity contribution is 5.74. The number of hydrogen-bond donors (Lipinski definition) is 3. The van der Waals surface area contributed by atoms with Crippen LogP contribution in [0.2, 0.25) is 0 Å². The van der Waals surface area contributed by atoms with Crippen molar-refractivity contribution in [1.29, 1.82) is 0 Å². The molecule has 0 fully saturated rings. The number of rotatable bonds is 15. The van der Waals surface area contributed by atoms with Gasteiger partial charge in [-0.15, -0.1) is 0 Å². The first-order valence-corrected chi connectivity index (χ1v) is 7.33. The monoisotopic (exact) mass is 333 g/mol. The molecule has 0 rings (SSSR count). The van der Waals surface area contributed by atoms with Crippen molar-refractivity contribution >= 4 is 17.7 Å². The number of primary amides is 3. The van der Waals surface area contributed by atoms with E-state index in [-0.39, 0.29) is 58.9 Å². The van der Waals surface area contributed by atoms with Crippen molar-refractivity contribution in [2.24, 2.45) is 22.6 Å². The molecule has 3 amide bonds. The minimum atomic E-state index is -0.507. The van der Waals surface area contributed by atoms with Crippen LogP contribution in [0.4, 0.5) is 0 Å². The van der Waals surface area contributed by atoms with Crippen molar-refractivity contribution in [3.63, 3.8) is 0 Å². The van der Waals surface area contributed by atoms with Crippen molar-refractivity contribution in [3.05, 3.63) is 0 Å². The zero-order valence-electron chi connectivity index (χ0n) is 13.5. The van der Waals surface area contributed by atoms with Crippen LogP contribution in [0.5, 0.6) is 0 Å². The Bertz CT molecular complexity index is 334. The topological polar surface area (TPSA) is 157 Å². The molecule has 134 valence electrons. The van der Waals surface area contributed by atoms with Gasteiger partial charge >= 0.3 is 0 Å². The molecule has 9 heteroatoms. The summed E-state index contributed by atoms with van der Waals surface area (Å²) >= 11 is 0. The molecule has 0 aromatic rings. The molecule has 0 radical (unpaired) electrons. The van der Waals surface area contributed by atoms with Gasteiger partial charge in [-0.2, -0.15) is 0 Å². The molecule has 0 unspecified atom stereocenters. The molecule has 0 aromatic carbocycles. The van der Waals surface area contributed by atoms with E-state index in [0.717, 1.165) is 0 Å². The highest BCUT2D eigenvalue weighted by Gasteiger charge is 2.26. The molecule has 0 aliphatic carbocycles. The Morgan fingerprint density at radius 1 is 0.696 bits per heavy atom. The summed E-state index contributed by atoms with van der Waals surface area (Å²) in [5.74, 6) is -1.33. The molecule has 0 spiro atoms. The van der Waals surface area contributed by atoms with E-state index in [1.54, 1.807) is 0 Å². The second kappa shape index (κ2) is 11.8. The Labute approximate surface area is 135 Å². The lowest BCUT2D eigenvalue weighted by atomic mass is 9.94. The van der Waals surface area contributed by atoms with Crippen molar-refractivity contribution in [2.45, 2.75) is 26.2 Å². The second-order valence-corrected chi connectivity index (χ2v) is 5.62. The smallest absolute Gasteiger partial charge is 0.219 e. The average molecular weight is 333 g/mol. The lowest BCUT2D eigenvalue weighted by molar-refractivity contribution is -0.120. The van der Waals surface area contributed by atoms with Crippen molar-refractivity contribution in [2.75, 3.05) is 39.6 Å². The van der Waals surface area contributed by atoms with Gasteiger partial charge in [0, 0.05) is 24.7 Å². The number of carbonyl (C=O) groups is 3. The number of ether oxygens (including phenoxy) is 3. The highest BCUT2D eigenvalue weighted by atomic mass is 16.5. The second-order valence-electron chi connectivity index (χ2n) is 5.62. The predicted molar refractivity (Wildman–Crippen MR) is 82.0 cm³/mol. The molecule has 9 nitrogen and oxygen atoms in total. The lowest BCUT2D eigenvalue weighted by Gasteiger charge is -2.29. The first-order valence-electron chi connectivity index (χ1n) is 7.33. The van der Waals surface area contributed by atoms with Crippen LogP contribution in [-0.4, -0.2) is 57.4 Å². The third-order valence-corrected chi connectivity index (χ3v) is 2.83. The first-order chi connectivity index (χ1) is 10.7. The Morgan fingerprint density at radius 3 is 1.17 bits per heavy atom. The van der Waals surface area contributed by atoms with E-state index in [0.29, 0.717) is 0 Å². The Hall–Kier alpha value is -1.71. The molecular formula is C14H27N3O6. The van der Waals surface area contributed by atoms with E-state index < -0.39 is 23.1 Å². The van der Waals surface area contributed by atoms with Crippen molar-refractivity contribution in [1.82, 2.24) is 0 Å². The van der Waals surface area contributed by atoms with Gasteiger partial charge in [0.2, 0.25) is 17.7 Å². The maximum Gasteiger partial charge on any atom is 0.219 e. The van der Waals surface area contributed by atoms with Gasteiger partial charge in [0.05, 0.1) is 39.6 Å². The van der Waals surface area contributed by atoms with Gasteiger partial charge in [-0.3, -0.25) is 14.4 Å². The van der Waals surface area contributed by atoms with Gasteiger partial charge in [-0.25, -0.2) is 0 Å². The maximum atomic E-state index is 10.7. The van der Waals surface area contributed by atoms with Crippen LogP contribution in [0.15, 0.2) is 0 Å². The third kappa shape index (κ3) is 13.7. The van der Waals surface area contributed by atoms with E-state index >= 15 is 0 Å². The van der Waals surface area contributed by atoms with Gasteiger partial charge in [-0.05, 0) is 0 Å². The van der Waals surface area contributed by atoms with Crippen molar-refractivity contribution < 1.29 is 28.6 Å². The van der Waals surface area contributed by atoms with E-state index in [2.05, 4.69) is 0 Å². The van der Waals surface area contributed by atoms with Crippen LogP contribution in [0.3, 0.4) is 0 Å². The molecule has 0 saturated heterocycles. The standard InChI is InChI=1S/C14H27N3O6/c1-14(8-21-5-2-11(15)18,9-22-6-3-12(16)19)10-23-7-4-13(17)20/h2-10H2,1H3,(H2,15,18)(H2,16,19)(H2,17,20). The summed E-state index contributed by atoms with van der Waals surface area (Å²) in [6.45, 7) is 3.29. The molecule has 0 atom stereocenters. The van der Waals surface area contributed by atoms with E-state index in [9.17, 15) is 14.4 Å². The SMILES string of the molecule is CC(COCCC(N)=O)(COCCC(N)=O)COCCC(N)=O. The Balaban J connectivity index is 4.23. The molecular weight excluding hydrogens is 306 g/mol. The quantitative estimate of drug-likeness (QED) is 0.315. The van der Waals surface area contributed by atoms with Gasteiger partial charge in [0.15, 0.2) is 0 Å². The molecule has 0 aromatic heterocycles. The highest BCUT2D eigenvalue weighted by Crippen LogP contribution is 2.19. The summed E-state index contributed by atoms with van der Waals surface area (Å²) in [7, 11) is 0. The summed E-state index contributed by atoms with van der Waals surface area (Å²) in [6.07, 6.45) is 0.378. The summed E-state index contributed by atoms with van der Waals surface area (Å²) in [5, 5.41) is 0. The van der Waals surface area contributed by atoms with Gasteiger partial charge in [-0.1, -0.05) is 6.92 Å². The summed E-state index contributed by atoms with van der Waals surface area (Å²) in [4.78, 5) is 32.0. The molecule has 0 aliphatic heterocycles. The van der Waals surface area contributed by atoms with Crippen molar-refractivity contribution in [3.8, 4) is 0 Å². The minimum absolute atomic E-state index is 0.126. The van der Waals surface area contributed by atoms with Crippen LogP contribution in [-0.2, 0) is 28.6 Å². The van der Waals surface area contributed by atoms with E-state index in [1.807, 2.05) is 6.92 Å². The number of amides is 3. The minimum Gasteiger partial charge on any atom is -0.380 e. The molecule has 23 heavy (non-hydrogen) atoms. The largest absolute Gasteiger partial charge is 0.380 e. The van der Waals surface area contributed by atoms with Crippen LogP contribution in [0.1, 0.15) is 26.2 Å². The van der Waals surface area contributed by atoms with Crippen LogP contribution < -0.4 is 17.2 Å². The number of carbonyl (C=O) groups excluding carboxylic acids is 3. The molecule has 0 aliphatic rings. The van der Waals surface area contributed by atoms with Crippen LogP contribution in [0.25, 0.3) is 0 Å². The number of hydrogen-bond acceptors (Lipinski definition) is 6. The van der Waals surface area contributed by atoms with Crippen LogP contribution >= 0.6 is 0 Å². The van der Waals surface area contributed by atoms with Gasteiger partial charge in [0.25, 0.3) is 0 Å². The predicted octanol–water partition coefficient (Wildman–Crippen LogP) is -1.33. The lowest BCUT2D eigenvalue weighted by Crippen LogP contribution is -2.35. The normalized spacial score (nSPS) is 11.3. The summed E-state index contributed by atoms with van der Waals surface area (Å²) < 4.78 is 16.3. The van der Waals surface area contributed by atoms with Gasteiger partial charge in [0.1, 0.15) is 0 Å². The number of nitrogens with two attached hydrogens (primary N) is 3. The average Bonchev–Trinajstić information content (AvgIpc) is 2.44. The van der Waals surface area contributed by atoms with E-state index in [4.69, 9.17) is 31.4 Å².